The van der Waals surface area contributed by atoms with Crippen LogP contribution in [-0.4, -0.2) is 23.6 Å². The quantitative estimate of drug-likeness (QED) is 0.338. The Balaban J connectivity index is 1.86. The summed E-state index contributed by atoms with van der Waals surface area (Å²) < 4.78 is 7.26. The molecule has 1 amide bonds. The van der Waals surface area contributed by atoms with Crippen molar-refractivity contribution in [2.45, 2.75) is 48.5 Å². The molecule has 3 aromatic rings. The molecule has 35 heavy (non-hydrogen) atoms. The summed E-state index contributed by atoms with van der Waals surface area (Å²) in [5.74, 6) is -0.749. The average molecular weight is 469 g/mol. The molecule has 0 radical (unpaired) electrons. The number of nitrogens with zero attached hydrogens (tertiary/aromatic N) is 2. The summed E-state index contributed by atoms with van der Waals surface area (Å²) in [6.07, 6.45) is 1.82. The predicted molar refractivity (Wildman–Crippen MR) is 141 cm³/mol. The first-order valence-electron chi connectivity index (χ1n) is 11.7. The molecule has 2 aromatic carbocycles. The summed E-state index contributed by atoms with van der Waals surface area (Å²) in [5.41, 5.74) is 10.5. The van der Waals surface area contributed by atoms with Gasteiger partial charge in [-0.25, -0.2) is 4.79 Å². The van der Waals surface area contributed by atoms with Gasteiger partial charge in [0.15, 0.2) is 0 Å². The van der Waals surface area contributed by atoms with Gasteiger partial charge in [-0.15, -0.1) is 0 Å². The second kappa shape index (κ2) is 9.06. The van der Waals surface area contributed by atoms with Crippen molar-refractivity contribution in [1.82, 2.24) is 4.57 Å². The Morgan fingerprint density at radius 1 is 0.829 bits per heavy atom. The highest BCUT2D eigenvalue weighted by Crippen LogP contribution is 2.37. The molecule has 0 saturated carbocycles. The fourth-order valence-corrected chi connectivity index (χ4v) is 4.92. The van der Waals surface area contributed by atoms with Crippen molar-refractivity contribution < 1.29 is 14.3 Å². The van der Waals surface area contributed by atoms with E-state index in [9.17, 15) is 9.59 Å². The standard InChI is InChI=1S/C30H32N2O3/c1-17-11-18(2)13-26(12-17)32-23(7)28(30(34)35-8)27(29(32)33)16-24-15-21(5)31(22(24)6)25-10-9-19(3)20(4)14-25/h9-16H,1-8H3/b27-16-. The molecule has 1 aromatic heterocycles. The monoisotopic (exact) mass is 468 g/mol. The van der Waals surface area contributed by atoms with Crippen LogP contribution >= 0.6 is 0 Å². The number of carbonyl (C=O) groups is 2. The second-order valence-electron chi connectivity index (χ2n) is 9.43. The van der Waals surface area contributed by atoms with E-state index in [0.717, 1.165) is 39.5 Å². The third kappa shape index (κ3) is 4.23. The lowest BCUT2D eigenvalue weighted by molar-refractivity contribution is -0.136. The smallest absolute Gasteiger partial charge is 0.340 e. The lowest BCUT2D eigenvalue weighted by Crippen LogP contribution is -2.24. The van der Waals surface area contributed by atoms with Crippen molar-refractivity contribution in [3.8, 4) is 5.69 Å². The van der Waals surface area contributed by atoms with Gasteiger partial charge in [0.05, 0.1) is 18.3 Å². The minimum atomic E-state index is -0.517. The predicted octanol–water partition coefficient (Wildman–Crippen LogP) is 6.21. The first-order chi connectivity index (χ1) is 16.5. The SMILES string of the molecule is COC(=O)C1=C(C)N(c2cc(C)cc(C)c2)C(=O)/C1=C\c1cc(C)n(-c2ccc(C)c(C)c2)c1C. The summed E-state index contributed by atoms with van der Waals surface area (Å²) in [5, 5.41) is 0. The van der Waals surface area contributed by atoms with Crippen molar-refractivity contribution in [2.75, 3.05) is 12.0 Å². The summed E-state index contributed by atoms with van der Waals surface area (Å²) in [7, 11) is 1.34. The maximum absolute atomic E-state index is 13.7. The summed E-state index contributed by atoms with van der Waals surface area (Å²) >= 11 is 0. The lowest BCUT2D eigenvalue weighted by Gasteiger charge is -2.19. The first kappa shape index (κ1) is 24.3. The number of carbonyl (C=O) groups excluding carboxylic acids is 2. The van der Waals surface area contributed by atoms with E-state index < -0.39 is 5.97 Å². The molecule has 0 unspecified atom stereocenters. The Bertz CT molecular complexity index is 1420. The number of aromatic nitrogens is 1. The molecule has 5 nitrogen and oxygen atoms in total. The molecule has 1 aliphatic rings. The normalized spacial score (nSPS) is 14.9. The van der Waals surface area contributed by atoms with Crippen molar-refractivity contribution in [2.24, 2.45) is 0 Å². The number of rotatable bonds is 4. The van der Waals surface area contributed by atoms with E-state index in [0.29, 0.717) is 16.8 Å². The molecule has 0 saturated heterocycles. The molecule has 0 fully saturated rings. The van der Waals surface area contributed by atoms with Crippen LogP contribution in [0.1, 0.15) is 46.1 Å². The number of methoxy groups -OCH3 is 1. The number of benzene rings is 2. The van der Waals surface area contributed by atoms with E-state index in [4.69, 9.17) is 4.74 Å². The fourth-order valence-electron chi connectivity index (χ4n) is 4.92. The summed E-state index contributed by atoms with van der Waals surface area (Å²) in [4.78, 5) is 28.2. The van der Waals surface area contributed by atoms with Crippen molar-refractivity contribution >= 4 is 23.6 Å². The van der Waals surface area contributed by atoms with Gasteiger partial charge < -0.3 is 9.30 Å². The van der Waals surface area contributed by atoms with Gasteiger partial charge in [-0.2, -0.15) is 0 Å². The number of hydrogen-bond acceptors (Lipinski definition) is 3. The summed E-state index contributed by atoms with van der Waals surface area (Å²) in [6.45, 7) is 14.1. The van der Waals surface area contributed by atoms with Crippen LogP contribution in [0.15, 0.2) is 59.3 Å². The van der Waals surface area contributed by atoms with Crippen LogP contribution in [0.25, 0.3) is 11.8 Å². The molecule has 5 heteroatoms. The van der Waals surface area contributed by atoms with E-state index in [1.54, 1.807) is 11.8 Å². The Kier molecular flexibility index (Phi) is 6.28. The number of ether oxygens (including phenoxy) is 1. The topological polar surface area (TPSA) is 51.5 Å². The molecular formula is C30H32N2O3. The zero-order chi connectivity index (χ0) is 25.6. The van der Waals surface area contributed by atoms with E-state index >= 15 is 0 Å². The third-order valence-corrected chi connectivity index (χ3v) is 6.77. The van der Waals surface area contributed by atoms with Gasteiger partial charge in [0, 0.05) is 28.5 Å². The molecule has 0 N–H and O–H groups in total. The maximum atomic E-state index is 13.7. The number of anilines is 1. The molecule has 2 heterocycles. The van der Waals surface area contributed by atoms with Crippen molar-refractivity contribution in [1.29, 1.82) is 0 Å². The van der Waals surface area contributed by atoms with Crippen LogP contribution in [0.3, 0.4) is 0 Å². The van der Waals surface area contributed by atoms with E-state index in [2.05, 4.69) is 48.7 Å². The Morgan fingerprint density at radius 2 is 1.49 bits per heavy atom. The number of esters is 1. The highest BCUT2D eigenvalue weighted by Gasteiger charge is 2.38. The van der Waals surface area contributed by atoms with Gasteiger partial charge in [-0.05, 0) is 113 Å². The summed E-state index contributed by atoms with van der Waals surface area (Å²) in [6, 6.07) is 14.4. The lowest BCUT2D eigenvalue weighted by atomic mass is 10.0. The Morgan fingerprint density at radius 3 is 2.09 bits per heavy atom. The number of hydrogen-bond donors (Lipinski definition) is 0. The molecular weight excluding hydrogens is 436 g/mol. The molecule has 0 bridgehead atoms. The number of amides is 1. The van der Waals surface area contributed by atoms with E-state index in [1.165, 1.54) is 18.2 Å². The molecule has 0 aliphatic carbocycles. The molecule has 180 valence electrons. The number of aryl methyl sites for hydroxylation is 5. The average Bonchev–Trinajstić information content (AvgIpc) is 3.20. The minimum absolute atomic E-state index is 0.233. The second-order valence-corrected chi connectivity index (χ2v) is 9.43. The van der Waals surface area contributed by atoms with Gasteiger partial charge in [0.2, 0.25) is 0 Å². The van der Waals surface area contributed by atoms with Crippen LogP contribution in [0, 0.1) is 41.5 Å². The Hall–Kier alpha value is -3.86. The van der Waals surface area contributed by atoms with Crippen LogP contribution in [0.4, 0.5) is 5.69 Å². The fraction of sp³-hybridized carbons (Fsp3) is 0.267. The minimum Gasteiger partial charge on any atom is -0.465 e. The van der Waals surface area contributed by atoms with Gasteiger partial charge >= 0.3 is 5.97 Å². The van der Waals surface area contributed by atoms with Gasteiger partial charge in [0.25, 0.3) is 5.91 Å². The molecule has 4 rings (SSSR count). The van der Waals surface area contributed by atoms with Gasteiger partial charge in [-0.1, -0.05) is 12.1 Å². The van der Waals surface area contributed by atoms with Crippen LogP contribution in [-0.2, 0) is 14.3 Å². The van der Waals surface area contributed by atoms with Crippen molar-refractivity contribution in [3.05, 3.63) is 98.5 Å². The maximum Gasteiger partial charge on any atom is 0.340 e. The first-order valence-corrected chi connectivity index (χ1v) is 11.7. The van der Waals surface area contributed by atoms with Crippen LogP contribution < -0.4 is 4.90 Å². The molecule has 0 spiro atoms. The third-order valence-electron chi connectivity index (χ3n) is 6.77. The van der Waals surface area contributed by atoms with Crippen molar-refractivity contribution in [3.63, 3.8) is 0 Å². The van der Waals surface area contributed by atoms with Gasteiger partial charge in [0.1, 0.15) is 0 Å². The zero-order valence-electron chi connectivity index (χ0n) is 21.7. The largest absolute Gasteiger partial charge is 0.465 e. The Labute approximate surface area is 207 Å². The van der Waals surface area contributed by atoms with E-state index in [-0.39, 0.29) is 5.91 Å². The van der Waals surface area contributed by atoms with Crippen LogP contribution in [0.5, 0.6) is 0 Å². The zero-order valence-corrected chi connectivity index (χ0v) is 21.7. The highest BCUT2D eigenvalue weighted by molar-refractivity contribution is 6.23. The molecule has 0 atom stereocenters. The van der Waals surface area contributed by atoms with Gasteiger partial charge in [-0.3, -0.25) is 9.69 Å². The van der Waals surface area contributed by atoms with E-state index in [1.807, 2.05) is 45.9 Å². The number of allylic oxidation sites excluding steroid dienone is 1. The highest BCUT2D eigenvalue weighted by atomic mass is 16.5. The van der Waals surface area contributed by atoms with Crippen LogP contribution in [0.2, 0.25) is 0 Å². The molecule has 1 aliphatic heterocycles.